The van der Waals surface area contributed by atoms with Gasteiger partial charge in [-0.15, -0.1) is 0 Å². The summed E-state index contributed by atoms with van der Waals surface area (Å²) in [7, 11) is 3.99. The average Bonchev–Trinajstić information content (AvgIpc) is 2.42. The third-order valence-corrected chi connectivity index (χ3v) is 5.01. The predicted octanol–water partition coefficient (Wildman–Crippen LogP) is 3.76. The maximum Gasteiger partial charge on any atom is 0.157 e. The van der Waals surface area contributed by atoms with Crippen LogP contribution in [0, 0.1) is 18.7 Å². The van der Waals surface area contributed by atoms with E-state index in [2.05, 4.69) is 11.8 Å². The maximum absolute atomic E-state index is 13.4. The molecule has 0 radical (unpaired) electrons. The van der Waals surface area contributed by atoms with E-state index < -0.39 is 0 Å². The third-order valence-electron chi connectivity index (χ3n) is 5.01. The van der Waals surface area contributed by atoms with Gasteiger partial charge in [0.2, 0.25) is 0 Å². The van der Waals surface area contributed by atoms with E-state index in [1.54, 1.807) is 6.07 Å². The van der Waals surface area contributed by atoms with Gasteiger partial charge in [0.1, 0.15) is 5.82 Å². The second-order valence-corrected chi connectivity index (χ2v) is 6.80. The Morgan fingerprint density at radius 2 is 2.14 bits per heavy atom. The first-order valence-electron chi connectivity index (χ1n) is 7.81. The molecule has 116 valence electrons. The van der Waals surface area contributed by atoms with Crippen molar-refractivity contribution in [1.29, 1.82) is 0 Å². The number of rotatable bonds is 4. The van der Waals surface area contributed by atoms with E-state index in [9.17, 15) is 9.18 Å². The van der Waals surface area contributed by atoms with E-state index in [0.29, 0.717) is 12.3 Å². The average molecular weight is 291 g/mol. The molecule has 2 rings (SSSR count). The summed E-state index contributed by atoms with van der Waals surface area (Å²) >= 11 is 0. The van der Waals surface area contributed by atoms with Gasteiger partial charge in [-0.2, -0.15) is 0 Å². The molecule has 2 unspecified atom stereocenters. The minimum atomic E-state index is -0.379. The number of hydrogen-bond donors (Lipinski definition) is 0. The van der Waals surface area contributed by atoms with E-state index in [1.807, 2.05) is 21.0 Å². The Morgan fingerprint density at radius 3 is 2.76 bits per heavy atom. The van der Waals surface area contributed by atoms with Crippen LogP contribution in [0.5, 0.6) is 0 Å². The number of halogens is 1. The summed E-state index contributed by atoms with van der Waals surface area (Å²) in [6.45, 7) is 4.16. The van der Waals surface area contributed by atoms with Crippen LogP contribution >= 0.6 is 0 Å². The summed E-state index contributed by atoms with van der Waals surface area (Å²) in [4.78, 5) is 15.1. The van der Waals surface area contributed by atoms with Crippen molar-refractivity contribution in [2.75, 3.05) is 14.1 Å². The van der Waals surface area contributed by atoms with E-state index in [4.69, 9.17) is 0 Å². The van der Waals surface area contributed by atoms with Crippen LogP contribution in [-0.4, -0.2) is 30.3 Å². The normalized spacial score (nSPS) is 26.1. The zero-order valence-electron chi connectivity index (χ0n) is 13.6. The number of aryl methyl sites for hydroxylation is 1. The van der Waals surface area contributed by atoms with Gasteiger partial charge in [0.15, 0.2) is 5.78 Å². The van der Waals surface area contributed by atoms with Crippen molar-refractivity contribution in [1.82, 2.24) is 4.90 Å². The van der Waals surface area contributed by atoms with Gasteiger partial charge in [0, 0.05) is 6.42 Å². The van der Waals surface area contributed by atoms with Gasteiger partial charge in [-0.25, -0.2) is 4.39 Å². The zero-order chi connectivity index (χ0) is 15.6. The minimum Gasteiger partial charge on any atom is -0.297 e. The number of carbonyl (C=O) groups excluding carboxylic acids is 1. The molecule has 0 saturated heterocycles. The fraction of sp³-hybridized carbons (Fsp3) is 0.611. The summed E-state index contributed by atoms with van der Waals surface area (Å²) in [5, 5.41) is 0. The molecule has 0 heterocycles. The molecule has 0 aromatic heterocycles. The van der Waals surface area contributed by atoms with E-state index >= 15 is 0 Å². The van der Waals surface area contributed by atoms with Crippen LogP contribution in [0.4, 0.5) is 4.39 Å². The minimum absolute atomic E-state index is 0.229. The van der Waals surface area contributed by atoms with Crippen molar-refractivity contribution in [3.05, 3.63) is 35.1 Å². The largest absolute Gasteiger partial charge is 0.297 e. The second-order valence-electron chi connectivity index (χ2n) is 6.80. The summed E-state index contributed by atoms with van der Waals surface area (Å²) < 4.78 is 13.4. The molecule has 2 nitrogen and oxygen atoms in total. The fourth-order valence-electron chi connectivity index (χ4n) is 3.60. The van der Waals surface area contributed by atoms with Crippen LogP contribution in [0.25, 0.3) is 0 Å². The standard InChI is InChI=1S/C18H26FNO/c1-13-6-5-9-18(12-13,20(3)4)17(21)11-15-10-16(19)8-7-14(15)2/h7-8,10,13H,5-6,9,11-12H2,1-4H3. The highest BCUT2D eigenvalue weighted by Crippen LogP contribution is 2.37. The van der Waals surface area contributed by atoms with E-state index in [-0.39, 0.29) is 17.1 Å². The van der Waals surface area contributed by atoms with Crippen molar-refractivity contribution in [3.8, 4) is 0 Å². The lowest BCUT2D eigenvalue weighted by Gasteiger charge is -2.44. The van der Waals surface area contributed by atoms with Gasteiger partial charge in [0.25, 0.3) is 0 Å². The van der Waals surface area contributed by atoms with Gasteiger partial charge in [0.05, 0.1) is 5.54 Å². The van der Waals surface area contributed by atoms with Crippen molar-refractivity contribution in [2.24, 2.45) is 5.92 Å². The van der Waals surface area contributed by atoms with Crippen molar-refractivity contribution in [3.63, 3.8) is 0 Å². The maximum atomic E-state index is 13.4. The summed E-state index contributed by atoms with van der Waals surface area (Å²) in [6.07, 6.45) is 4.44. The Morgan fingerprint density at radius 1 is 1.43 bits per heavy atom. The van der Waals surface area contributed by atoms with Gasteiger partial charge in [-0.05, 0) is 63.0 Å². The third kappa shape index (κ3) is 3.34. The van der Waals surface area contributed by atoms with Crippen LogP contribution < -0.4 is 0 Å². The predicted molar refractivity (Wildman–Crippen MR) is 83.9 cm³/mol. The molecule has 1 aromatic carbocycles. The van der Waals surface area contributed by atoms with Crippen LogP contribution in [-0.2, 0) is 11.2 Å². The quantitative estimate of drug-likeness (QED) is 0.842. The van der Waals surface area contributed by atoms with Crippen molar-refractivity contribution < 1.29 is 9.18 Å². The SMILES string of the molecule is Cc1ccc(F)cc1CC(=O)C1(N(C)C)CCCC(C)C1. The van der Waals surface area contributed by atoms with Gasteiger partial charge in [-0.3, -0.25) is 9.69 Å². The number of hydrogen-bond acceptors (Lipinski definition) is 2. The molecule has 0 spiro atoms. The highest BCUT2D eigenvalue weighted by Gasteiger charge is 2.42. The van der Waals surface area contributed by atoms with Crippen molar-refractivity contribution in [2.45, 2.75) is 51.5 Å². The molecule has 2 atom stereocenters. The Balaban J connectivity index is 2.25. The second kappa shape index (κ2) is 6.27. The lowest BCUT2D eigenvalue weighted by Crippen LogP contribution is -2.54. The summed E-state index contributed by atoms with van der Waals surface area (Å²) in [6, 6.07) is 4.71. The molecule has 21 heavy (non-hydrogen) atoms. The van der Waals surface area contributed by atoms with Crippen LogP contribution in [0.2, 0.25) is 0 Å². The molecule has 0 N–H and O–H groups in total. The molecule has 1 aromatic rings. The molecule has 0 bridgehead atoms. The number of nitrogens with zero attached hydrogens (tertiary/aromatic N) is 1. The highest BCUT2D eigenvalue weighted by atomic mass is 19.1. The Kier molecular flexibility index (Phi) is 4.82. The molecule has 0 aliphatic heterocycles. The van der Waals surface area contributed by atoms with Crippen molar-refractivity contribution >= 4 is 5.78 Å². The van der Waals surface area contributed by atoms with Crippen LogP contribution in [0.1, 0.15) is 43.7 Å². The van der Waals surface area contributed by atoms with Crippen LogP contribution in [0.15, 0.2) is 18.2 Å². The molecular weight excluding hydrogens is 265 g/mol. The highest BCUT2D eigenvalue weighted by molar-refractivity contribution is 5.90. The molecule has 3 heteroatoms. The van der Waals surface area contributed by atoms with Gasteiger partial charge >= 0.3 is 0 Å². The Labute approximate surface area is 127 Å². The fourth-order valence-corrected chi connectivity index (χ4v) is 3.60. The molecule has 1 aliphatic carbocycles. The monoisotopic (exact) mass is 291 g/mol. The number of carbonyl (C=O) groups is 1. The summed E-state index contributed by atoms with van der Waals surface area (Å²) in [5.41, 5.74) is 1.43. The van der Waals surface area contributed by atoms with Gasteiger partial charge < -0.3 is 0 Å². The number of ketones is 1. The first-order valence-corrected chi connectivity index (χ1v) is 7.81. The summed E-state index contributed by atoms with van der Waals surface area (Å²) in [5.74, 6) is 0.533. The van der Waals surface area contributed by atoms with Crippen LogP contribution in [0.3, 0.4) is 0 Å². The number of benzene rings is 1. The van der Waals surface area contributed by atoms with Gasteiger partial charge in [-0.1, -0.05) is 25.8 Å². The number of likely N-dealkylation sites (N-methyl/N-ethyl adjacent to an activating group) is 1. The molecular formula is C18H26FNO. The molecule has 1 fully saturated rings. The van der Waals surface area contributed by atoms with E-state index in [1.165, 1.54) is 18.6 Å². The Bertz CT molecular complexity index is 526. The smallest absolute Gasteiger partial charge is 0.157 e. The Hall–Kier alpha value is -1.22. The molecule has 1 aliphatic rings. The lowest BCUT2D eigenvalue weighted by atomic mass is 9.72. The first kappa shape index (κ1) is 16.2. The topological polar surface area (TPSA) is 20.3 Å². The van der Waals surface area contributed by atoms with E-state index in [0.717, 1.165) is 30.4 Å². The molecule has 1 saturated carbocycles. The lowest BCUT2D eigenvalue weighted by molar-refractivity contribution is -0.132. The first-order chi connectivity index (χ1) is 9.85. The number of Topliss-reactive ketones (excluding diaryl/α,β-unsaturated/α-hetero) is 1. The zero-order valence-corrected chi connectivity index (χ0v) is 13.6. The molecule has 0 amide bonds.